The molecule has 0 aromatic carbocycles. The summed E-state index contributed by atoms with van der Waals surface area (Å²) >= 11 is 0. The van der Waals surface area contributed by atoms with E-state index >= 15 is 0 Å². The molecule has 5 nitrogen and oxygen atoms in total. The molecular formula is C18H21N5. The van der Waals surface area contributed by atoms with Crippen molar-refractivity contribution in [2.75, 3.05) is 13.1 Å². The van der Waals surface area contributed by atoms with Crippen molar-refractivity contribution in [3.63, 3.8) is 0 Å². The monoisotopic (exact) mass is 307 g/mol. The lowest BCUT2D eigenvalue weighted by molar-refractivity contribution is 0.462. The molecule has 3 aromatic rings. The molecule has 1 aliphatic heterocycles. The smallest absolute Gasteiger partial charge is 0.0696 e. The number of piperidine rings is 1. The lowest BCUT2D eigenvalue weighted by atomic mass is 9.91. The van der Waals surface area contributed by atoms with Gasteiger partial charge in [-0.25, -0.2) is 4.52 Å². The Kier molecular flexibility index (Phi) is 3.01. The summed E-state index contributed by atoms with van der Waals surface area (Å²) in [4.78, 5) is 0. The number of rotatable bonds is 3. The van der Waals surface area contributed by atoms with Crippen molar-refractivity contribution in [1.29, 1.82) is 0 Å². The SMILES string of the molecule is c1cc2c(C3CCNCC3)cnn2cc1-c1cnn(C2CC2)c1. The third-order valence-corrected chi connectivity index (χ3v) is 5.18. The zero-order valence-electron chi connectivity index (χ0n) is 13.2. The fourth-order valence-corrected chi connectivity index (χ4v) is 3.65. The Morgan fingerprint density at radius 2 is 1.78 bits per heavy atom. The van der Waals surface area contributed by atoms with Crippen LogP contribution in [0, 0.1) is 0 Å². The zero-order valence-corrected chi connectivity index (χ0v) is 13.2. The molecule has 0 unspecified atom stereocenters. The van der Waals surface area contributed by atoms with Crippen molar-refractivity contribution in [3.8, 4) is 11.1 Å². The van der Waals surface area contributed by atoms with E-state index in [4.69, 9.17) is 0 Å². The van der Waals surface area contributed by atoms with E-state index in [9.17, 15) is 0 Å². The Morgan fingerprint density at radius 3 is 2.61 bits per heavy atom. The first-order chi connectivity index (χ1) is 11.4. The highest BCUT2D eigenvalue weighted by molar-refractivity contribution is 5.66. The molecule has 0 amide bonds. The number of pyridine rings is 1. The summed E-state index contributed by atoms with van der Waals surface area (Å²) < 4.78 is 4.13. The van der Waals surface area contributed by atoms with E-state index in [1.807, 2.05) is 10.7 Å². The molecule has 5 heteroatoms. The predicted octanol–water partition coefficient (Wildman–Crippen LogP) is 3.00. The molecule has 1 aliphatic carbocycles. The van der Waals surface area contributed by atoms with Crippen molar-refractivity contribution >= 4 is 5.52 Å². The number of hydrogen-bond donors (Lipinski definition) is 1. The molecule has 0 bridgehead atoms. The first-order valence-corrected chi connectivity index (χ1v) is 8.61. The molecule has 4 heterocycles. The minimum Gasteiger partial charge on any atom is -0.317 e. The van der Waals surface area contributed by atoms with E-state index in [0.29, 0.717) is 12.0 Å². The van der Waals surface area contributed by atoms with Gasteiger partial charge in [0.2, 0.25) is 0 Å². The summed E-state index contributed by atoms with van der Waals surface area (Å²) in [5.41, 5.74) is 5.00. The van der Waals surface area contributed by atoms with Crippen molar-refractivity contribution in [2.24, 2.45) is 0 Å². The molecular weight excluding hydrogens is 286 g/mol. The number of aromatic nitrogens is 4. The highest BCUT2D eigenvalue weighted by atomic mass is 15.3. The van der Waals surface area contributed by atoms with Crippen molar-refractivity contribution in [3.05, 3.63) is 42.5 Å². The molecule has 0 atom stereocenters. The van der Waals surface area contributed by atoms with Crippen LogP contribution in [0.15, 0.2) is 36.9 Å². The van der Waals surface area contributed by atoms with Crippen LogP contribution in [-0.4, -0.2) is 32.5 Å². The molecule has 1 saturated carbocycles. The van der Waals surface area contributed by atoms with Gasteiger partial charge in [0.05, 0.1) is 24.0 Å². The summed E-state index contributed by atoms with van der Waals surface area (Å²) in [6.07, 6.45) is 13.3. The Labute approximate surface area is 135 Å². The fraction of sp³-hybridized carbons (Fsp3) is 0.444. The van der Waals surface area contributed by atoms with Gasteiger partial charge in [0.15, 0.2) is 0 Å². The average Bonchev–Trinajstić information content (AvgIpc) is 3.19. The molecule has 118 valence electrons. The van der Waals surface area contributed by atoms with Gasteiger partial charge in [-0.05, 0) is 50.8 Å². The van der Waals surface area contributed by atoms with Crippen molar-refractivity contribution < 1.29 is 0 Å². The Morgan fingerprint density at radius 1 is 0.913 bits per heavy atom. The molecule has 2 aliphatic rings. The second-order valence-corrected chi connectivity index (χ2v) is 6.81. The van der Waals surface area contributed by atoms with Crippen LogP contribution >= 0.6 is 0 Å². The lowest BCUT2D eigenvalue weighted by Gasteiger charge is -2.21. The molecule has 1 saturated heterocycles. The summed E-state index contributed by atoms with van der Waals surface area (Å²) in [6, 6.07) is 5.05. The third kappa shape index (κ3) is 2.36. The van der Waals surface area contributed by atoms with Crippen LogP contribution in [0.25, 0.3) is 16.6 Å². The van der Waals surface area contributed by atoms with Crippen LogP contribution in [0.5, 0.6) is 0 Å². The molecule has 5 rings (SSSR count). The molecule has 2 fully saturated rings. The van der Waals surface area contributed by atoms with Crippen LogP contribution in [0.4, 0.5) is 0 Å². The van der Waals surface area contributed by atoms with Gasteiger partial charge in [-0.15, -0.1) is 0 Å². The third-order valence-electron chi connectivity index (χ3n) is 5.18. The Balaban J connectivity index is 1.49. The highest BCUT2D eigenvalue weighted by Crippen LogP contribution is 2.35. The van der Waals surface area contributed by atoms with Crippen LogP contribution < -0.4 is 5.32 Å². The first-order valence-electron chi connectivity index (χ1n) is 8.61. The summed E-state index contributed by atoms with van der Waals surface area (Å²) in [7, 11) is 0. The molecule has 23 heavy (non-hydrogen) atoms. The van der Waals surface area contributed by atoms with Crippen LogP contribution in [0.3, 0.4) is 0 Å². The van der Waals surface area contributed by atoms with Crippen LogP contribution in [0.1, 0.15) is 43.2 Å². The second kappa shape index (κ2) is 5.20. The van der Waals surface area contributed by atoms with Crippen molar-refractivity contribution in [2.45, 2.75) is 37.6 Å². The maximum absolute atomic E-state index is 4.60. The van der Waals surface area contributed by atoms with Gasteiger partial charge in [-0.3, -0.25) is 4.68 Å². The number of nitrogens with one attached hydrogen (secondary N) is 1. The number of nitrogens with zero attached hydrogens (tertiary/aromatic N) is 4. The van der Waals surface area contributed by atoms with E-state index in [-0.39, 0.29) is 0 Å². The minimum atomic E-state index is 0.628. The summed E-state index contributed by atoms with van der Waals surface area (Å²) in [5.74, 6) is 0.636. The van der Waals surface area contributed by atoms with Gasteiger partial charge in [0, 0.05) is 29.1 Å². The van der Waals surface area contributed by atoms with Gasteiger partial charge in [0.25, 0.3) is 0 Å². The molecule has 0 spiro atoms. The lowest BCUT2D eigenvalue weighted by Crippen LogP contribution is -2.26. The number of fused-ring (bicyclic) bond motifs is 1. The largest absolute Gasteiger partial charge is 0.317 e. The van der Waals surface area contributed by atoms with Crippen LogP contribution in [0.2, 0.25) is 0 Å². The summed E-state index contributed by atoms with van der Waals surface area (Å²) in [5, 5.41) is 12.5. The molecule has 0 radical (unpaired) electrons. The normalized spacial score (nSPS) is 19.5. The standard InChI is InChI=1S/C18H21N5/c1-4-18-17(13-5-7-19-8-6-13)10-21-23(18)11-14(1)15-9-20-22(12-15)16-2-3-16/h1,4,9-13,16,19H,2-3,5-8H2. The molecule has 1 N–H and O–H groups in total. The van der Waals surface area contributed by atoms with Crippen LogP contribution in [-0.2, 0) is 0 Å². The van der Waals surface area contributed by atoms with Gasteiger partial charge in [0.1, 0.15) is 0 Å². The summed E-state index contributed by atoms with van der Waals surface area (Å²) in [6.45, 7) is 2.22. The maximum Gasteiger partial charge on any atom is 0.0696 e. The van der Waals surface area contributed by atoms with E-state index in [0.717, 1.165) is 13.1 Å². The predicted molar refractivity (Wildman–Crippen MR) is 89.5 cm³/mol. The van der Waals surface area contributed by atoms with Gasteiger partial charge < -0.3 is 5.32 Å². The quantitative estimate of drug-likeness (QED) is 0.809. The van der Waals surface area contributed by atoms with E-state index in [1.165, 1.54) is 47.9 Å². The van der Waals surface area contributed by atoms with E-state index in [2.05, 4.69) is 50.9 Å². The van der Waals surface area contributed by atoms with E-state index < -0.39 is 0 Å². The van der Waals surface area contributed by atoms with E-state index in [1.54, 1.807) is 0 Å². The topological polar surface area (TPSA) is 47.1 Å². The Hall–Kier alpha value is -2.14. The highest BCUT2D eigenvalue weighted by Gasteiger charge is 2.24. The van der Waals surface area contributed by atoms with Crippen molar-refractivity contribution in [1.82, 2.24) is 24.7 Å². The van der Waals surface area contributed by atoms with Gasteiger partial charge in [-0.2, -0.15) is 10.2 Å². The minimum absolute atomic E-state index is 0.628. The Bertz CT molecular complexity index is 836. The average molecular weight is 307 g/mol. The zero-order chi connectivity index (χ0) is 15.2. The first kappa shape index (κ1) is 13.3. The second-order valence-electron chi connectivity index (χ2n) is 6.81. The van der Waals surface area contributed by atoms with Gasteiger partial charge in [-0.1, -0.05) is 6.07 Å². The molecule has 3 aromatic heterocycles. The van der Waals surface area contributed by atoms with Gasteiger partial charge >= 0.3 is 0 Å². The maximum atomic E-state index is 4.60. The number of hydrogen-bond acceptors (Lipinski definition) is 3. The fourth-order valence-electron chi connectivity index (χ4n) is 3.65.